The zero-order valence-electron chi connectivity index (χ0n) is 19.1. The van der Waals surface area contributed by atoms with Crippen LogP contribution in [-0.2, 0) is 21.6 Å². The molecule has 0 radical (unpaired) electrons. The Morgan fingerprint density at radius 3 is 2.27 bits per heavy atom. The number of likely N-dealkylation sites (N-methyl/N-ethyl adjacent to an activating group) is 1. The first-order valence-electron chi connectivity index (χ1n) is 11.6. The predicted octanol–water partition coefficient (Wildman–Crippen LogP) is 3.50. The van der Waals surface area contributed by atoms with E-state index in [4.69, 9.17) is 4.74 Å². The number of ether oxygens (including phenoxy) is 1. The highest BCUT2D eigenvalue weighted by Crippen LogP contribution is 2.32. The van der Waals surface area contributed by atoms with E-state index >= 15 is 0 Å². The summed E-state index contributed by atoms with van der Waals surface area (Å²) in [5, 5.41) is 11.6. The Bertz CT molecular complexity index is 991. The molecule has 0 spiro atoms. The summed E-state index contributed by atoms with van der Waals surface area (Å²) >= 11 is 0. The number of esters is 1. The molecule has 1 aliphatic heterocycles. The highest BCUT2D eigenvalue weighted by Gasteiger charge is 2.44. The van der Waals surface area contributed by atoms with Gasteiger partial charge in [-0.1, -0.05) is 60.7 Å². The van der Waals surface area contributed by atoms with Gasteiger partial charge in [0.25, 0.3) is 0 Å². The molecule has 0 amide bonds. The van der Waals surface area contributed by atoms with E-state index in [-0.39, 0.29) is 6.04 Å². The van der Waals surface area contributed by atoms with Gasteiger partial charge in [0.15, 0.2) is 0 Å². The molecule has 1 aliphatic rings. The average Bonchev–Trinajstić information content (AvgIpc) is 3.23. The van der Waals surface area contributed by atoms with Gasteiger partial charge in [-0.25, -0.2) is 14.8 Å². The lowest BCUT2D eigenvalue weighted by Crippen LogP contribution is -2.51. The fourth-order valence-corrected chi connectivity index (χ4v) is 4.88. The Morgan fingerprint density at radius 1 is 1.06 bits per heavy atom. The van der Waals surface area contributed by atoms with Crippen LogP contribution >= 0.6 is 0 Å². The van der Waals surface area contributed by atoms with Crippen LogP contribution in [0.1, 0.15) is 36.0 Å². The van der Waals surface area contributed by atoms with Crippen molar-refractivity contribution in [3.8, 4) is 0 Å². The summed E-state index contributed by atoms with van der Waals surface area (Å²) in [5.74, 6) is -0.625. The average molecular weight is 447 g/mol. The number of carbonyl (C=O) groups excluding carboxylic acids is 1. The lowest BCUT2D eigenvalue weighted by Gasteiger charge is -2.36. The number of rotatable bonds is 9. The first kappa shape index (κ1) is 23.1. The van der Waals surface area contributed by atoms with Crippen LogP contribution < -0.4 is 0 Å². The van der Waals surface area contributed by atoms with E-state index in [1.54, 1.807) is 30.6 Å². The van der Waals surface area contributed by atoms with Gasteiger partial charge in [0.2, 0.25) is 5.60 Å². The second-order valence-corrected chi connectivity index (χ2v) is 9.11. The molecule has 1 aromatic heterocycles. The van der Waals surface area contributed by atoms with Crippen LogP contribution in [0, 0.1) is 0 Å². The Hall–Kier alpha value is -3.09. The summed E-state index contributed by atoms with van der Waals surface area (Å²) in [6.07, 6.45) is 9.35. The van der Waals surface area contributed by atoms with Crippen molar-refractivity contribution in [2.45, 2.75) is 37.3 Å². The van der Waals surface area contributed by atoms with Crippen molar-refractivity contribution in [1.29, 1.82) is 0 Å². The Kier molecular flexibility index (Phi) is 7.16. The molecule has 1 saturated heterocycles. The third kappa shape index (κ3) is 5.13. The molecule has 6 nitrogen and oxygen atoms in total. The maximum Gasteiger partial charge on any atom is 0.347 e. The molecule has 1 N–H and O–H groups in total. The quantitative estimate of drug-likeness (QED) is 0.402. The number of aliphatic hydroxyl groups is 1. The zero-order chi connectivity index (χ0) is 23.2. The molecule has 2 heterocycles. The van der Waals surface area contributed by atoms with Crippen molar-refractivity contribution in [1.82, 2.24) is 9.97 Å². The molecule has 0 saturated carbocycles. The highest BCUT2D eigenvalue weighted by atomic mass is 16.6. The summed E-state index contributed by atoms with van der Waals surface area (Å²) in [6, 6.07) is 18.3. The SMILES string of the molecule is C[N+]1(CCCc2cncnc2)CCCC1COC(=O)C(O)(c1ccccc1)c1ccccc1. The van der Waals surface area contributed by atoms with Crippen LogP contribution in [-0.4, -0.2) is 58.3 Å². The summed E-state index contributed by atoms with van der Waals surface area (Å²) < 4.78 is 6.71. The summed E-state index contributed by atoms with van der Waals surface area (Å²) in [4.78, 5) is 21.5. The van der Waals surface area contributed by atoms with Gasteiger partial charge in [-0.2, -0.15) is 0 Å². The van der Waals surface area contributed by atoms with Gasteiger partial charge in [0, 0.05) is 31.7 Å². The zero-order valence-corrected chi connectivity index (χ0v) is 19.1. The number of aryl methyl sites for hydroxylation is 1. The molecule has 4 rings (SSSR count). The Labute approximate surface area is 195 Å². The molecule has 172 valence electrons. The summed E-state index contributed by atoms with van der Waals surface area (Å²) in [7, 11) is 2.24. The molecule has 33 heavy (non-hydrogen) atoms. The summed E-state index contributed by atoms with van der Waals surface area (Å²) in [6.45, 7) is 2.36. The molecule has 0 bridgehead atoms. The van der Waals surface area contributed by atoms with Crippen LogP contribution in [0.15, 0.2) is 79.4 Å². The fourth-order valence-electron chi connectivity index (χ4n) is 4.88. The second-order valence-electron chi connectivity index (χ2n) is 9.11. The van der Waals surface area contributed by atoms with Crippen molar-refractivity contribution in [2.75, 3.05) is 26.7 Å². The van der Waals surface area contributed by atoms with Crippen LogP contribution in [0.5, 0.6) is 0 Å². The smallest absolute Gasteiger partial charge is 0.347 e. The topological polar surface area (TPSA) is 72.3 Å². The largest absolute Gasteiger partial charge is 0.457 e. The third-order valence-corrected chi connectivity index (χ3v) is 6.92. The van der Waals surface area contributed by atoms with Crippen molar-refractivity contribution < 1.29 is 19.1 Å². The Balaban J connectivity index is 1.43. The van der Waals surface area contributed by atoms with Crippen LogP contribution in [0.2, 0.25) is 0 Å². The minimum absolute atomic E-state index is 0.219. The van der Waals surface area contributed by atoms with Crippen LogP contribution in [0.4, 0.5) is 0 Å². The van der Waals surface area contributed by atoms with Crippen molar-refractivity contribution in [3.63, 3.8) is 0 Å². The van der Waals surface area contributed by atoms with Crippen molar-refractivity contribution in [3.05, 3.63) is 96.1 Å². The van der Waals surface area contributed by atoms with E-state index in [9.17, 15) is 9.90 Å². The van der Waals surface area contributed by atoms with Crippen LogP contribution in [0.3, 0.4) is 0 Å². The fraction of sp³-hybridized carbons (Fsp3) is 0.370. The number of nitrogens with zero attached hydrogens (tertiary/aromatic N) is 3. The number of hydrogen-bond donors (Lipinski definition) is 1. The van der Waals surface area contributed by atoms with E-state index in [1.807, 2.05) is 48.8 Å². The normalized spacial score (nSPS) is 20.5. The Morgan fingerprint density at radius 2 is 1.67 bits per heavy atom. The number of carbonyl (C=O) groups is 1. The number of benzene rings is 2. The maximum absolute atomic E-state index is 13.3. The van der Waals surface area contributed by atoms with Gasteiger partial charge in [0.05, 0.1) is 20.1 Å². The van der Waals surface area contributed by atoms with E-state index < -0.39 is 11.6 Å². The molecule has 2 unspecified atom stereocenters. The molecule has 2 atom stereocenters. The van der Waals surface area contributed by atoms with Gasteiger partial charge in [-0.05, 0) is 23.1 Å². The minimum atomic E-state index is -1.84. The van der Waals surface area contributed by atoms with Gasteiger partial charge >= 0.3 is 5.97 Å². The van der Waals surface area contributed by atoms with E-state index in [0.717, 1.165) is 48.8 Å². The lowest BCUT2D eigenvalue weighted by molar-refractivity contribution is -0.921. The van der Waals surface area contributed by atoms with Gasteiger partial charge in [-0.3, -0.25) is 0 Å². The van der Waals surface area contributed by atoms with E-state index in [1.165, 1.54) is 0 Å². The van der Waals surface area contributed by atoms with Crippen molar-refractivity contribution >= 4 is 5.97 Å². The third-order valence-electron chi connectivity index (χ3n) is 6.92. The van der Waals surface area contributed by atoms with E-state index in [2.05, 4.69) is 17.0 Å². The maximum atomic E-state index is 13.3. The predicted molar refractivity (Wildman–Crippen MR) is 126 cm³/mol. The van der Waals surface area contributed by atoms with Gasteiger partial charge in [0.1, 0.15) is 19.0 Å². The number of hydrogen-bond acceptors (Lipinski definition) is 5. The molecule has 3 aromatic rings. The molecule has 0 aliphatic carbocycles. The van der Waals surface area contributed by atoms with Gasteiger partial charge < -0.3 is 14.3 Å². The monoisotopic (exact) mass is 446 g/mol. The number of quaternary nitrogens is 1. The number of likely N-dealkylation sites (tertiary alicyclic amines) is 1. The minimum Gasteiger partial charge on any atom is -0.457 e. The second kappa shape index (κ2) is 10.2. The number of aromatic nitrogens is 2. The molecule has 1 fully saturated rings. The molecular formula is C27H32N3O3+. The summed E-state index contributed by atoms with van der Waals surface area (Å²) in [5.41, 5.74) is 0.324. The standard InChI is InChI=1S/C27H32N3O3/c1-30(16-8-10-22-18-28-21-29-19-22)17-9-15-25(30)20-33-26(31)27(32,23-11-4-2-5-12-23)24-13-6-3-7-14-24/h2-7,11-14,18-19,21,25,32H,8-10,15-17,20H2,1H3/q+1. The first-order chi connectivity index (χ1) is 16.0. The first-order valence-corrected chi connectivity index (χ1v) is 11.6. The molecule has 2 aromatic carbocycles. The van der Waals surface area contributed by atoms with E-state index in [0.29, 0.717) is 17.7 Å². The van der Waals surface area contributed by atoms with Crippen LogP contribution in [0.25, 0.3) is 0 Å². The molecule has 6 heteroatoms. The lowest BCUT2D eigenvalue weighted by atomic mass is 9.86. The highest BCUT2D eigenvalue weighted by molar-refractivity contribution is 5.85. The van der Waals surface area contributed by atoms with Gasteiger partial charge in [-0.15, -0.1) is 0 Å². The van der Waals surface area contributed by atoms with Crippen molar-refractivity contribution in [2.24, 2.45) is 0 Å². The molecular weight excluding hydrogens is 414 g/mol.